The van der Waals surface area contributed by atoms with E-state index in [4.69, 9.17) is 0 Å². The molecule has 0 spiro atoms. The van der Waals surface area contributed by atoms with Gasteiger partial charge < -0.3 is 10.1 Å². The Morgan fingerprint density at radius 3 is 2.48 bits per heavy atom. The summed E-state index contributed by atoms with van der Waals surface area (Å²) in [5.74, 6) is 0.745. The number of aromatic amines is 1. The Bertz CT molecular complexity index is 557. The molecule has 1 aliphatic carbocycles. The van der Waals surface area contributed by atoms with E-state index in [9.17, 15) is 9.90 Å². The van der Waals surface area contributed by atoms with Gasteiger partial charge in [0.05, 0.1) is 5.56 Å². The van der Waals surface area contributed by atoms with Crippen LogP contribution in [0.4, 0.5) is 0 Å². The maximum absolute atomic E-state index is 12.5. The fourth-order valence-electron chi connectivity index (χ4n) is 3.66. The fraction of sp³-hybridized carbons (Fsp3) is 0.789. The van der Waals surface area contributed by atoms with Crippen LogP contribution in [0.2, 0.25) is 0 Å². The second-order valence-electron chi connectivity index (χ2n) is 7.68. The Morgan fingerprint density at radius 2 is 1.87 bits per heavy atom. The van der Waals surface area contributed by atoms with E-state index in [0.29, 0.717) is 11.4 Å². The van der Waals surface area contributed by atoms with Crippen LogP contribution in [0.3, 0.4) is 0 Å². The highest BCUT2D eigenvalue weighted by Gasteiger charge is 2.28. The van der Waals surface area contributed by atoms with Crippen LogP contribution in [0.15, 0.2) is 4.79 Å². The number of H-pyrrole nitrogens is 1. The topological polar surface area (TPSA) is 66.0 Å². The summed E-state index contributed by atoms with van der Waals surface area (Å²) in [7, 11) is 0. The number of aromatic hydroxyl groups is 1. The second-order valence-corrected chi connectivity index (χ2v) is 7.68. The van der Waals surface area contributed by atoms with Crippen molar-refractivity contribution in [2.75, 3.05) is 0 Å². The summed E-state index contributed by atoms with van der Waals surface area (Å²) >= 11 is 0. The van der Waals surface area contributed by atoms with E-state index in [1.165, 1.54) is 25.7 Å². The molecule has 1 aromatic heterocycles. The van der Waals surface area contributed by atoms with E-state index in [1.54, 1.807) is 0 Å². The summed E-state index contributed by atoms with van der Waals surface area (Å²) in [5.41, 5.74) is 0.159. The van der Waals surface area contributed by atoms with Crippen molar-refractivity contribution in [2.24, 2.45) is 0 Å². The van der Waals surface area contributed by atoms with Crippen molar-refractivity contribution in [2.45, 2.75) is 96.3 Å². The third kappa shape index (κ3) is 4.58. The Labute approximate surface area is 139 Å². The zero-order valence-electron chi connectivity index (χ0n) is 15.0. The highest BCUT2D eigenvalue weighted by molar-refractivity contribution is 5.28. The van der Waals surface area contributed by atoms with Crippen LogP contribution < -0.4 is 5.56 Å². The van der Waals surface area contributed by atoms with Gasteiger partial charge >= 0.3 is 0 Å². The van der Waals surface area contributed by atoms with Gasteiger partial charge in [0.2, 0.25) is 5.88 Å². The second kappa shape index (κ2) is 7.98. The molecule has 0 unspecified atom stereocenters. The quantitative estimate of drug-likeness (QED) is 0.711. The van der Waals surface area contributed by atoms with Crippen LogP contribution in [0.1, 0.15) is 102 Å². The lowest BCUT2D eigenvalue weighted by Gasteiger charge is -2.26. The minimum absolute atomic E-state index is 0.0442. The first kappa shape index (κ1) is 18.0. The van der Waals surface area contributed by atoms with Crippen LogP contribution in [-0.4, -0.2) is 15.1 Å². The van der Waals surface area contributed by atoms with Gasteiger partial charge in [-0.2, -0.15) is 4.98 Å². The molecule has 130 valence electrons. The number of nitrogens with zero attached hydrogens (tertiary/aromatic N) is 1. The molecule has 2 N–H and O–H groups in total. The van der Waals surface area contributed by atoms with Crippen molar-refractivity contribution in [3.05, 3.63) is 21.7 Å². The number of nitrogens with one attached hydrogen (secondary N) is 1. The monoisotopic (exact) mass is 320 g/mol. The molecule has 0 atom stereocenters. The van der Waals surface area contributed by atoms with Gasteiger partial charge in [0, 0.05) is 5.41 Å². The van der Waals surface area contributed by atoms with Gasteiger partial charge in [0.25, 0.3) is 5.56 Å². The molecule has 0 radical (unpaired) electrons. The van der Waals surface area contributed by atoms with Gasteiger partial charge in [-0.15, -0.1) is 0 Å². The summed E-state index contributed by atoms with van der Waals surface area (Å²) in [6.07, 6.45) is 11.2. The van der Waals surface area contributed by atoms with Gasteiger partial charge in [-0.3, -0.25) is 4.79 Å². The normalized spacial score (nSPS) is 16.7. The van der Waals surface area contributed by atoms with E-state index in [-0.39, 0.29) is 22.8 Å². The molecule has 0 aliphatic heterocycles. The number of unbranched alkanes of at least 4 members (excludes halogenated alkanes) is 3. The van der Waals surface area contributed by atoms with Crippen molar-refractivity contribution in [1.82, 2.24) is 9.97 Å². The maximum Gasteiger partial charge on any atom is 0.258 e. The summed E-state index contributed by atoms with van der Waals surface area (Å²) in [6.45, 7) is 6.39. The summed E-state index contributed by atoms with van der Waals surface area (Å²) < 4.78 is 0. The van der Waals surface area contributed by atoms with Crippen molar-refractivity contribution >= 4 is 0 Å². The van der Waals surface area contributed by atoms with Crippen LogP contribution in [0.25, 0.3) is 0 Å². The number of hydrogen-bond acceptors (Lipinski definition) is 3. The highest BCUT2D eigenvalue weighted by Crippen LogP contribution is 2.35. The summed E-state index contributed by atoms with van der Waals surface area (Å²) in [4.78, 5) is 19.9. The average Bonchev–Trinajstić information content (AvgIpc) is 2.52. The predicted molar refractivity (Wildman–Crippen MR) is 94.1 cm³/mol. The SMILES string of the molecule is CCCCCCC(C)(C)c1nc(O)c(C2CCCCC2)c(=O)[nH]1. The van der Waals surface area contributed by atoms with Crippen LogP contribution >= 0.6 is 0 Å². The van der Waals surface area contributed by atoms with Crippen molar-refractivity contribution in [3.63, 3.8) is 0 Å². The van der Waals surface area contributed by atoms with Crippen LogP contribution in [0, 0.1) is 0 Å². The van der Waals surface area contributed by atoms with Gasteiger partial charge in [0.15, 0.2) is 0 Å². The first-order valence-corrected chi connectivity index (χ1v) is 9.29. The van der Waals surface area contributed by atoms with Gasteiger partial charge in [-0.25, -0.2) is 0 Å². The third-order valence-electron chi connectivity index (χ3n) is 5.24. The number of hydrogen-bond donors (Lipinski definition) is 2. The molecule has 0 bridgehead atoms. The summed E-state index contributed by atoms with van der Waals surface area (Å²) in [5, 5.41) is 10.4. The predicted octanol–water partition coefficient (Wildman–Crippen LogP) is 4.77. The van der Waals surface area contributed by atoms with Gasteiger partial charge in [0.1, 0.15) is 5.82 Å². The molecule has 1 aromatic rings. The van der Waals surface area contributed by atoms with Crippen LogP contribution in [-0.2, 0) is 5.41 Å². The minimum Gasteiger partial charge on any atom is -0.493 e. The molecular formula is C19H32N2O2. The standard InChI is InChI=1S/C19H32N2O2/c1-4-5-6-10-13-19(2,3)18-20-16(22)15(17(23)21-18)14-11-8-7-9-12-14/h14H,4-13H2,1-3H3,(H2,20,21,22,23). The maximum atomic E-state index is 12.5. The smallest absolute Gasteiger partial charge is 0.258 e. The third-order valence-corrected chi connectivity index (χ3v) is 5.24. The average molecular weight is 320 g/mol. The minimum atomic E-state index is -0.213. The van der Waals surface area contributed by atoms with Crippen molar-refractivity contribution < 1.29 is 5.11 Å². The van der Waals surface area contributed by atoms with E-state index in [0.717, 1.165) is 38.5 Å². The lowest BCUT2D eigenvalue weighted by Crippen LogP contribution is -2.28. The zero-order chi connectivity index (χ0) is 16.9. The van der Waals surface area contributed by atoms with E-state index in [2.05, 4.69) is 30.7 Å². The summed E-state index contributed by atoms with van der Waals surface area (Å²) in [6, 6.07) is 0. The lowest BCUT2D eigenvalue weighted by atomic mass is 9.83. The Hall–Kier alpha value is -1.32. The Kier molecular flexibility index (Phi) is 6.25. The largest absolute Gasteiger partial charge is 0.493 e. The first-order valence-electron chi connectivity index (χ1n) is 9.29. The highest BCUT2D eigenvalue weighted by atomic mass is 16.3. The number of aromatic nitrogens is 2. The van der Waals surface area contributed by atoms with E-state index < -0.39 is 0 Å². The molecule has 1 fully saturated rings. The zero-order valence-corrected chi connectivity index (χ0v) is 15.0. The van der Waals surface area contributed by atoms with Gasteiger partial charge in [-0.1, -0.05) is 65.7 Å². The molecule has 0 aromatic carbocycles. The molecule has 2 rings (SSSR count). The molecule has 1 saturated carbocycles. The lowest BCUT2D eigenvalue weighted by molar-refractivity contribution is 0.377. The van der Waals surface area contributed by atoms with Gasteiger partial charge in [-0.05, 0) is 25.2 Å². The van der Waals surface area contributed by atoms with Crippen molar-refractivity contribution in [1.29, 1.82) is 0 Å². The molecule has 1 heterocycles. The molecule has 0 amide bonds. The van der Waals surface area contributed by atoms with Crippen LogP contribution in [0.5, 0.6) is 5.88 Å². The molecule has 23 heavy (non-hydrogen) atoms. The molecule has 4 nitrogen and oxygen atoms in total. The Morgan fingerprint density at radius 1 is 1.17 bits per heavy atom. The van der Waals surface area contributed by atoms with E-state index >= 15 is 0 Å². The molecular weight excluding hydrogens is 288 g/mol. The van der Waals surface area contributed by atoms with E-state index in [1.807, 2.05) is 0 Å². The molecule has 0 saturated heterocycles. The Balaban J connectivity index is 2.16. The molecule has 4 heteroatoms. The number of rotatable bonds is 7. The fourth-order valence-corrected chi connectivity index (χ4v) is 3.66. The first-order chi connectivity index (χ1) is 11.0. The van der Waals surface area contributed by atoms with Crippen molar-refractivity contribution in [3.8, 4) is 5.88 Å². The molecule has 1 aliphatic rings.